The predicted octanol–water partition coefficient (Wildman–Crippen LogP) is 5.22. The molecule has 0 aliphatic heterocycles. The van der Waals surface area contributed by atoms with Gasteiger partial charge in [0.05, 0.1) is 5.75 Å². The number of halogens is 1. The van der Waals surface area contributed by atoms with Gasteiger partial charge in [-0.1, -0.05) is 54.1 Å². The average molecular weight is 328 g/mol. The minimum absolute atomic E-state index is 0.0415. The summed E-state index contributed by atoms with van der Waals surface area (Å²) in [5.41, 5.74) is 0.719. The number of benzene rings is 3. The number of fused-ring (bicyclic) bond motifs is 1. The molecule has 4 heteroatoms. The Bertz CT molecular complexity index is 814. The van der Waals surface area contributed by atoms with Crippen LogP contribution >= 0.6 is 23.4 Å². The SMILES string of the molecule is O=C(CSc1cccc2ccccc12)Nc1cccc(Cl)c1. The lowest BCUT2D eigenvalue weighted by Gasteiger charge is -2.07. The van der Waals surface area contributed by atoms with Crippen LogP contribution in [0, 0.1) is 0 Å². The maximum Gasteiger partial charge on any atom is 0.234 e. The number of anilines is 1. The second-order valence-electron chi connectivity index (χ2n) is 4.82. The highest BCUT2D eigenvalue weighted by Crippen LogP contribution is 2.27. The highest BCUT2D eigenvalue weighted by molar-refractivity contribution is 8.00. The number of carbonyl (C=O) groups is 1. The fourth-order valence-electron chi connectivity index (χ4n) is 2.23. The first-order chi connectivity index (χ1) is 10.7. The summed E-state index contributed by atoms with van der Waals surface area (Å²) in [6.45, 7) is 0. The van der Waals surface area contributed by atoms with Gasteiger partial charge in [0.15, 0.2) is 0 Å². The summed E-state index contributed by atoms with van der Waals surface area (Å²) in [5, 5.41) is 5.82. The minimum Gasteiger partial charge on any atom is -0.325 e. The Morgan fingerprint density at radius 1 is 1.00 bits per heavy atom. The number of nitrogens with one attached hydrogen (secondary N) is 1. The third kappa shape index (κ3) is 3.62. The quantitative estimate of drug-likeness (QED) is 0.665. The van der Waals surface area contributed by atoms with Crippen LogP contribution < -0.4 is 5.32 Å². The van der Waals surface area contributed by atoms with Gasteiger partial charge >= 0.3 is 0 Å². The van der Waals surface area contributed by atoms with E-state index in [1.54, 1.807) is 12.1 Å². The molecule has 0 saturated heterocycles. The topological polar surface area (TPSA) is 29.1 Å². The summed E-state index contributed by atoms with van der Waals surface area (Å²) >= 11 is 7.45. The van der Waals surface area contributed by atoms with Crippen molar-refractivity contribution >= 4 is 45.7 Å². The third-order valence-electron chi connectivity index (χ3n) is 3.22. The maximum atomic E-state index is 12.1. The van der Waals surface area contributed by atoms with Gasteiger partial charge in [0.25, 0.3) is 0 Å². The Morgan fingerprint density at radius 3 is 2.64 bits per heavy atom. The molecular weight excluding hydrogens is 314 g/mol. The molecule has 0 fully saturated rings. The zero-order valence-corrected chi connectivity index (χ0v) is 13.3. The molecule has 0 aliphatic carbocycles. The lowest BCUT2D eigenvalue weighted by Crippen LogP contribution is -2.13. The molecule has 0 unspecified atom stereocenters. The van der Waals surface area contributed by atoms with Crippen molar-refractivity contribution in [2.45, 2.75) is 4.90 Å². The van der Waals surface area contributed by atoms with Gasteiger partial charge in [0.2, 0.25) is 5.91 Å². The van der Waals surface area contributed by atoms with E-state index in [0.29, 0.717) is 10.8 Å². The number of thioether (sulfide) groups is 1. The van der Waals surface area contributed by atoms with Crippen molar-refractivity contribution in [2.75, 3.05) is 11.1 Å². The lowest BCUT2D eigenvalue weighted by atomic mass is 10.1. The van der Waals surface area contributed by atoms with Crippen LogP contribution in [0.4, 0.5) is 5.69 Å². The minimum atomic E-state index is -0.0415. The normalized spacial score (nSPS) is 10.6. The summed E-state index contributed by atoms with van der Waals surface area (Å²) < 4.78 is 0. The van der Waals surface area contributed by atoms with Crippen molar-refractivity contribution in [3.8, 4) is 0 Å². The standard InChI is InChI=1S/C18H14ClNOS/c19-14-7-4-8-15(11-14)20-18(21)12-22-17-10-3-6-13-5-1-2-9-16(13)17/h1-11H,12H2,(H,20,21). The Morgan fingerprint density at radius 2 is 1.77 bits per heavy atom. The number of amides is 1. The van der Waals surface area contributed by atoms with Gasteiger partial charge in [-0.05, 0) is 35.0 Å². The van der Waals surface area contributed by atoms with Crippen LogP contribution in [-0.2, 0) is 4.79 Å². The molecule has 0 aliphatic rings. The van der Waals surface area contributed by atoms with Crippen molar-refractivity contribution in [1.82, 2.24) is 0 Å². The fourth-order valence-corrected chi connectivity index (χ4v) is 3.29. The smallest absolute Gasteiger partial charge is 0.234 e. The summed E-state index contributed by atoms with van der Waals surface area (Å²) in [6, 6.07) is 21.5. The molecule has 3 rings (SSSR count). The van der Waals surface area contributed by atoms with E-state index in [-0.39, 0.29) is 5.91 Å². The maximum absolute atomic E-state index is 12.1. The van der Waals surface area contributed by atoms with Gasteiger partial charge in [0.1, 0.15) is 0 Å². The zero-order valence-electron chi connectivity index (χ0n) is 11.8. The average Bonchev–Trinajstić information content (AvgIpc) is 2.53. The van der Waals surface area contributed by atoms with Crippen LogP contribution in [-0.4, -0.2) is 11.7 Å². The Labute approximate surface area is 138 Å². The van der Waals surface area contributed by atoms with Gasteiger partial charge in [-0.3, -0.25) is 4.79 Å². The third-order valence-corrected chi connectivity index (χ3v) is 4.53. The molecule has 0 saturated carbocycles. The molecule has 0 atom stereocenters. The molecule has 0 spiro atoms. The first kappa shape index (κ1) is 14.9. The van der Waals surface area contributed by atoms with Crippen molar-refractivity contribution in [3.63, 3.8) is 0 Å². The van der Waals surface area contributed by atoms with Gasteiger partial charge in [-0.2, -0.15) is 0 Å². The lowest BCUT2D eigenvalue weighted by molar-refractivity contribution is -0.113. The molecule has 0 aromatic heterocycles. The zero-order chi connectivity index (χ0) is 15.4. The number of hydrogen-bond acceptors (Lipinski definition) is 2. The summed E-state index contributed by atoms with van der Waals surface area (Å²) in [5.74, 6) is 0.320. The van der Waals surface area contributed by atoms with Crippen LogP contribution in [0.3, 0.4) is 0 Å². The van der Waals surface area contributed by atoms with Gasteiger partial charge in [-0.25, -0.2) is 0 Å². The number of carbonyl (C=O) groups excluding carboxylic acids is 1. The molecule has 0 bridgehead atoms. The second-order valence-corrected chi connectivity index (χ2v) is 6.28. The summed E-state index contributed by atoms with van der Waals surface area (Å²) in [7, 11) is 0. The molecule has 3 aromatic rings. The number of rotatable bonds is 4. The van der Waals surface area contributed by atoms with Gasteiger partial charge in [0, 0.05) is 15.6 Å². The van der Waals surface area contributed by atoms with Crippen molar-refractivity contribution < 1.29 is 4.79 Å². The molecule has 22 heavy (non-hydrogen) atoms. The van der Waals surface area contributed by atoms with E-state index in [1.807, 2.05) is 36.4 Å². The van der Waals surface area contributed by atoms with E-state index < -0.39 is 0 Å². The Kier molecular flexibility index (Phi) is 4.66. The van der Waals surface area contributed by atoms with Crippen LogP contribution in [0.5, 0.6) is 0 Å². The largest absolute Gasteiger partial charge is 0.325 e. The predicted molar refractivity (Wildman–Crippen MR) is 94.8 cm³/mol. The van der Waals surface area contributed by atoms with E-state index in [4.69, 9.17) is 11.6 Å². The van der Waals surface area contributed by atoms with Crippen molar-refractivity contribution in [3.05, 3.63) is 71.8 Å². The highest BCUT2D eigenvalue weighted by atomic mass is 35.5. The molecular formula is C18H14ClNOS. The van der Waals surface area contributed by atoms with E-state index in [2.05, 4.69) is 23.5 Å². The first-order valence-corrected chi connectivity index (χ1v) is 8.25. The molecule has 1 amide bonds. The molecule has 2 nitrogen and oxygen atoms in total. The fraction of sp³-hybridized carbons (Fsp3) is 0.0556. The first-order valence-electron chi connectivity index (χ1n) is 6.88. The van der Waals surface area contributed by atoms with Gasteiger partial charge < -0.3 is 5.32 Å². The molecule has 0 radical (unpaired) electrons. The van der Waals surface area contributed by atoms with E-state index in [1.165, 1.54) is 22.5 Å². The van der Waals surface area contributed by atoms with Crippen molar-refractivity contribution in [2.24, 2.45) is 0 Å². The summed E-state index contributed by atoms with van der Waals surface area (Å²) in [4.78, 5) is 13.2. The van der Waals surface area contributed by atoms with Crippen LogP contribution in [0.25, 0.3) is 10.8 Å². The van der Waals surface area contributed by atoms with Gasteiger partial charge in [-0.15, -0.1) is 11.8 Å². The monoisotopic (exact) mass is 327 g/mol. The molecule has 1 N–H and O–H groups in total. The van der Waals surface area contributed by atoms with Crippen LogP contribution in [0.15, 0.2) is 71.6 Å². The highest BCUT2D eigenvalue weighted by Gasteiger charge is 2.06. The molecule has 3 aromatic carbocycles. The molecule has 110 valence electrons. The number of hydrogen-bond donors (Lipinski definition) is 1. The summed E-state index contributed by atoms with van der Waals surface area (Å²) in [6.07, 6.45) is 0. The molecule has 0 heterocycles. The van der Waals surface area contributed by atoms with Crippen LogP contribution in [0.1, 0.15) is 0 Å². The second kappa shape index (κ2) is 6.86. The van der Waals surface area contributed by atoms with Crippen molar-refractivity contribution in [1.29, 1.82) is 0 Å². The van der Waals surface area contributed by atoms with Crippen LogP contribution in [0.2, 0.25) is 5.02 Å². The van der Waals surface area contributed by atoms with E-state index in [0.717, 1.165) is 10.6 Å². The Balaban J connectivity index is 1.68. The Hall–Kier alpha value is -1.97. The van der Waals surface area contributed by atoms with E-state index >= 15 is 0 Å². The van der Waals surface area contributed by atoms with E-state index in [9.17, 15) is 4.79 Å².